The highest BCUT2D eigenvalue weighted by Gasteiger charge is 2.18. The first kappa shape index (κ1) is 26.6. The average Bonchev–Trinajstić information content (AvgIpc) is 3.22. The van der Waals surface area contributed by atoms with Gasteiger partial charge < -0.3 is 19.9 Å². The highest BCUT2D eigenvalue weighted by Crippen LogP contribution is 2.30. The summed E-state index contributed by atoms with van der Waals surface area (Å²) in [7, 11) is 1.30. The molecule has 4 aromatic rings. The molecule has 0 unspecified atom stereocenters. The molecule has 0 aliphatic carbocycles. The van der Waals surface area contributed by atoms with Crippen LogP contribution >= 0.6 is 0 Å². The van der Waals surface area contributed by atoms with E-state index < -0.39 is 11.6 Å². The summed E-state index contributed by atoms with van der Waals surface area (Å²) in [6, 6.07) is 9.70. The predicted molar refractivity (Wildman–Crippen MR) is 140 cm³/mol. The Balaban J connectivity index is 1.50. The fourth-order valence-corrected chi connectivity index (χ4v) is 4.17. The van der Waals surface area contributed by atoms with Crippen LogP contribution in [0.15, 0.2) is 42.6 Å². The van der Waals surface area contributed by atoms with Gasteiger partial charge in [-0.3, -0.25) is 9.59 Å². The van der Waals surface area contributed by atoms with Gasteiger partial charge in [0, 0.05) is 35.8 Å². The first-order valence-electron chi connectivity index (χ1n) is 12.1. The number of aryl methyl sites for hydroxylation is 1. The molecule has 38 heavy (non-hydrogen) atoms. The molecule has 0 fully saturated rings. The fraction of sp³-hybridized carbons (Fsp3) is 0.296. The van der Waals surface area contributed by atoms with Crippen LogP contribution in [0.1, 0.15) is 45.0 Å². The number of hydrogen-bond acceptors (Lipinski definition) is 7. The van der Waals surface area contributed by atoms with E-state index in [2.05, 4.69) is 30.3 Å². The second kappa shape index (κ2) is 11.3. The van der Waals surface area contributed by atoms with Crippen molar-refractivity contribution in [1.29, 1.82) is 0 Å². The molecular formula is C27H28F2N6O3. The average molecular weight is 523 g/mol. The van der Waals surface area contributed by atoms with E-state index >= 15 is 0 Å². The number of amides is 1. The van der Waals surface area contributed by atoms with E-state index in [0.29, 0.717) is 29.1 Å². The van der Waals surface area contributed by atoms with Gasteiger partial charge in [0.1, 0.15) is 17.0 Å². The van der Waals surface area contributed by atoms with Crippen molar-refractivity contribution in [2.45, 2.75) is 46.1 Å². The molecular weight excluding hydrogens is 494 g/mol. The Morgan fingerprint density at radius 1 is 1.03 bits per heavy atom. The van der Waals surface area contributed by atoms with Crippen LogP contribution in [0.4, 0.5) is 26.1 Å². The summed E-state index contributed by atoms with van der Waals surface area (Å²) in [5, 5.41) is 5.75. The van der Waals surface area contributed by atoms with Gasteiger partial charge in [0.05, 0.1) is 18.8 Å². The Kier molecular flexibility index (Phi) is 7.94. The lowest BCUT2D eigenvalue weighted by Gasteiger charge is -2.12. The third kappa shape index (κ3) is 5.93. The molecule has 2 heterocycles. The summed E-state index contributed by atoms with van der Waals surface area (Å²) in [5.41, 5.74) is 2.17. The van der Waals surface area contributed by atoms with Crippen LogP contribution in [-0.4, -0.2) is 38.5 Å². The zero-order valence-corrected chi connectivity index (χ0v) is 21.5. The number of methoxy groups -OCH3 is 1. The zero-order valence-electron chi connectivity index (χ0n) is 21.5. The number of carbonyl (C=O) groups is 2. The number of aromatic nitrogens is 4. The van der Waals surface area contributed by atoms with E-state index in [-0.39, 0.29) is 53.5 Å². The second-order valence-electron chi connectivity index (χ2n) is 9.02. The summed E-state index contributed by atoms with van der Waals surface area (Å²) in [6.45, 7) is 5.73. The molecule has 4 rings (SSSR count). The number of esters is 1. The summed E-state index contributed by atoms with van der Waals surface area (Å²) >= 11 is 0. The van der Waals surface area contributed by atoms with E-state index in [1.807, 2.05) is 18.4 Å². The number of halogens is 2. The molecule has 2 aromatic carbocycles. The van der Waals surface area contributed by atoms with E-state index in [1.54, 1.807) is 37.3 Å². The minimum Gasteiger partial charge on any atom is -0.469 e. The first-order valence-corrected chi connectivity index (χ1v) is 12.1. The monoisotopic (exact) mass is 522 g/mol. The van der Waals surface area contributed by atoms with Crippen molar-refractivity contribution in [1.82, 2.24) is 19.5 Å². The highest BCUT2D eigenvalue weighted by molar-refractivity contribution is 5.91. The van der Waals surface area contributed by atoms with Crippen LogP contribution in [0.3, 0.4) is 0 Å². The van der Waals surface area contributed by atoms with Crippen molar-refractivity contribution in [3.05, 3.63) is 60.1 Å². The SMILES string of the molecule is COC(=O)CCCC(=O)Nc1ccc(Nc2ncc(F)c(-c3cc(F)c4nc(C)n(C(C)C)c4c3)n2)cc1. The quantitative estimate of drug-likeness (QED) is 0.272. The van der Waals surface area contributed by atoms with Gasteiger partial charge in [-0.2, -0.15) is 0 Å². The molecule has 0 radical (unpaired) electrons. The van der Waals surface area contributed by atoms with Crippen LogP contribution in [0.2, 0.25) is 0 Å². The summed E-state index contributed by atoms with van der Waals surface area (Å²) < 4.78 is 36.1. The molecule has 2 N–H and O–H groups in total. The molecule has 0 aliphatic heterocycles. The zero-order chi connectivity index (χ0) is 27.4. The van der Waals surface area contributed by atoms with Gasteiger partial charge in [0.25, 0.3) is 0 Å². The Morgan fingerprint density at radius 3 is 2.42 bits per heavy atom. The van der Waals surface area contributed by atoms with Gasteiger partial charge in [-0.25, -0.2) is 23.7 Å². The van der Waals surface area contributed by atoms with Crippen LogP contribution in [0, 0.1) is 18.6 Å². The number of hydrogen-bond donors (Lipinski definition) is 2. The highest BCUT2D eigenvalue weighted by atomic mass is 19.1. The predicted octanol–water partition coefficient (Wildman–Crippen LogP) is 5.69. The Labute approximate surface area is 218 Å². The maximum atomic E-state index is 14.9. The van der Waals surface area contributed by atoms with E-state index in [1.165, 1.54) is 13.2 Å². The van der Waals surface area contributed by atoms with Gasteiger partial charge in [-0.05, 0) is 63.6 Å². The normalized spacial score (nSPS) is 11.1. The van der Waals surface area contributed by atoms with Crippen molar-refractivity contribution < 1.29 is 23.1 Å². The number of imidazole rings is 1. The number of fused-ring (bicyclic) bond motifs is 1. The van der Waals surface area contributed by atoms with E-state index in [0.717, 1.165) is 6.20 Å². The largest absolute Gasteiger partial charge is 0.469 e. The van der Waals surface area contributed by atoms with Crippen molar-refractivity contribution >= 4 is 40.2 Å². The molecule has 0 bridgehead atoms. The Bertz CT molecular complexity index is 1480. The van der Waals surface area contributed by atoms with Crippen molar-refractivity contribution in [2.24, 2.45) is 0 Å². The van der Waals surface area contributed by atoms with Crippen LogP contribution < -0.4 is 10.6 Å². The summed E-state index contributed by atoms with van der Waals surface area (Å²) in [4.78, 5) is 35.8. The number of ether oxygens (including phenoxy) is 1. The number of nitrogens with zero attached hydrogens (tertiary/aromatic N) is 4. The number of nitrogens with one attached hydrogen (secondary N) is 2. The molecule has 2 aromatic heterocycles. The molecule has 0 atom stereocenters. The molecule has 1 amide bonds. The maximum Gasteiger partial charge on any atom is 0.305 e. The smallest absolute Gasteiger partial charge is 0.305 e. The first-order chi connectivity index (χ1) is 18.2. The molecule has 9 nitrogen and oxygen atoms in total. The molecule has 198 valence electrons. The fourth-order valence-electron chi connectivity index (χ4n) is 4.17. The molecule has 0 saturated carbocycles. The third-order valence-electron chi connectivity index (χ3n) is 5.90. The van der Waals surface area contributed by atoms with Crippen molar-refractivity contribution in [2.75, 3.05) is 17.7 Å². The number of carbonyl (C=O) groups excluding carboxylic acids is 2. The molecule has 0 saturated heterocycles. The third-order valence-corrected chi connectivity index (χ3v) is 5.90. The minimum atomic E-state index is -0.688. The molecule has 0 aliphatic rings. The van der Waals surface area contributed by atoms with E-state index in [4.69, 9.17) is 0 Å². The van der Waals surface area contributed by atoms with Gasteiger partial charge >= 0.3 is 5.97 Å². The molecule has 11 heteroatoms. The van der Waals surface area contributed by atoms with Crippen molar-refractivity contribution in [3.63, 3.8) is 0 Å². The van der Waals surface area contributed by atoms with Crippen molar-refractivity contribution in [3.8, 4) is 11.3 Å². The van der Waals surface area contributed by atoms with Crippen LogP contribution in [0.25, 0.3) is 22.3 Å². The second-order valence-corrected chi connectivity index (χ2v) is 9.02. The Hall–Kier alpha value is -4.41. The van der Waals surface area contributed by atoms with E-state index in [9.17, 15) is 18.4 Å². The summed E-state index contributed by atoms with van der Waals surface area (Å²) in [6.07, 6.45) is 1.78. The van der Waals surface area contributed by atoms with Gasteiger partial charge in [0.15, 0.2) is 11.6 Å². The Morgan fingerprint density at radius 2 is 1.74 bits per heavy atom. The number of rotatable bonds is 9. The minimum absolute atomic E-state index is 0.0368. The van der Waals surface area contributed by atoms with Crippen LogP contribution in [0.5, 0.6) is 0 Å². The van der Waals surface area contributed by atoms with Crippen LogP contribution in [-0.2, 0) is 14.3 Å². The molecule has 0 spiro atoms. The van der Waals surface area contributed by atoms with Gasteiger partial charge in [0.2, 0.25) is 11.9 Å². The lowest BCUT2D eigenvalue weighted by atomic mass is 10.1. The standard InChI is InChI=1S/C27H28F2N6O3/c1-15(2)35-16(3)31-26-20(28)12-17(13-22(26)35)25-21(29)14-30-27(34-25)33-19-10-8-18(9-11-19)32-23(36)6-5-7-24(37)38-4/h8-15H,5-7H2,1-4H3,(H,32,36)(H,30,33,34). The number of anilines is 3. The topological polar surface area (TPSA) is 111 Å². The van der Waals surface area contributed by atoms with Gasteiger partial charge in [-0.1, -0.05) is 0 Å². The number of benzene rings is 2. The lowest BCUT2D eigenvalue weighted by Crippen LogP contribution is -2.12. The summed E-state index contributed by atoms with van der Waals surface area (Å²) in [5.74, 6) is -1.04. The van der Waals surface area contributed by atoms with Gasteiger partial charge in [-0.15, -0.1) is 0 Å². The maximum absolute atomic E-state index is 14.9. The lowest BCUT2D eigenvalue weighted by molar-refractivity contribution is -0.140.